The maximum absolute atomic E-state index is 12.1. The van der Waals surface area contributed by atoms with Gasteiger partial charge in [-0.3, -0.25) is 19.2 Å². The van der Waals surface area contributed by atoms with Crippen molar-refractivity contribution in [2.45, 2.75) is 19.6 Å². The number of nitro benzene ring substituents is 1. The van der Waals surface area contributed by atoms with Crippen molar-refractivity contribution in [3.05, 3.63) is 43.9 Å². The minimum absolute atomic E-state index is 0.0210. The second-order valence-electron chi connectivity index (χ2n) is 6.29. The van der Waals surface area contributed by atoms with Gasteiger partial charge in [-0.05, 0) is 12.1 Å². The lowest BCUT2D eigenvalue weighted by Gasteiger charge is -2.29. The molecule has 0 aliphatic carbocycles. The quantitative estimate of drug-likeness (QED) is 0.257. The molecular formula is C16H15N3O7. The zero-order chi connectivity index (χ0) is 19.4. The molecule has 0 unspecified atom stereocenters. The number of ether oxygens (including phenoxy) is 2. The number of carbonyl (C=O) groups excluding carboxylic acids is 2. The Kier molecular flexibility index (Phi) is 3.71. The summed E-state index contributed by atoms with van der Waals surface area (Å²) in [4.78, 5) is 47.0. The molecule has 136 valence electrons. The van der Waals surface area contributed by atoms with E-state index in [1.165, 1.54) is 49.2 Å². The Bertz CT molecular complexity index is 1050. The standard InChI is InChI=1S/C16H15N3O7/c1-16(2)25-13(20)9(14(21)26-16)5-8-6-11-12(7-10(8)19(23)24)18(4)15(22)17(11)3/h5-7H,1-4H3. The first-order valence-electron chi connectivity index (χ1n) is 7.54. The van der Waals surface area contributed by atoms with E-state index in [0.29, 0.717) is 11.0 Å². The van der Waals surface area contributed by atoms with Gasteiger partial charge in [0.25, 0.3) is 11.5 Å². The lowest BCUT2D eigenvalue weighted by atomic mass is 10.1. The summed E-state index contributed by atoms with van der Waals surface area (Å²) in [5, 5.41) is 11.4. The SMILES string of the molecule is Cn1c(=O)n(C)c2cc([N+](=O)[O-])c(C=C3C(=O)OC(C)(C)OC3=O)cc21. The van der Waals surface area contributed by atoms with Crippen molar-refractivity contribution < 1.29 is 24.0 Å². The first kappa shape index (κ1) is 17.4. The summed E-state index contributed by atoms with van der Waals surface area (Å²) in [5.74, 6) is -3.30. The molecule has 3 rings (SSSR count). The van der Waals surface area contributed by atoms with Crippen LogP contribution in [-0.2, 0) is 33.2 Å². The number of hydrogen-bond acceptors (Lipinski definition) is 7. The second-order valence-corrected chi connectivity index (χ2v) is 6.29. The van der Waals surface area contributed by atoms with Gasteiger partial charge in [0.15, 0.2) is 0 Å². The Morgan fingerprint density at radius 1 is 1.04 bits per heavy atom. The Labute approximate surface area is 146 Å². The minimum atomic E-state index is -1.41. The highest BCUT2D eigenvalue weighted by atomic mass is 16.7. The van der Waals surface area contributed by atoms with Crippen LogP contribution in [0.15, 0.2) is 22.5 Å². The maximum atomic E-state index is 12.1. The second kappa shape index (κ2) is 5.55. The Morgan fingerprint density at radius 2 is 1.54 bits per heavy atom. The van der Waals surface area contributed by atoms with E-state index in [1.54, 1.807) is 0 Å². The summed E-state index contributed by atoms with van der Waals surface area (Å²) < 4.78 is 12.5. The molecule has 0 radical (unpaired) electrons. The zero-order valence-electron chi connectivity index (χ0n) is 14.4. The van der Waals surface area contributed by atoms with Crippen LogP contribution in [0.25, 0.3) is 17.1 Å². The van der Waals surface area contributed by atoms with Crippen molar-refractivity contribution in [3.63, 3.8) is 0 Å². The first-order chi connectivity index (χ1) is 12.0. The molecule has 1 aliphatic rings. The fourth-order valence-electron chi connectivity index (χ4n) is 2.76. The summed E-state index contributed by atoms with van der Waals surface area (Å²) in [7, 11) is 3.00. The number of benzene rings is 1. The highest BCUT2D eigenvalue weighted by Crippen LogP contribution is 2.30. The van der Waals surface area contributed by atoms with Gasteiger partial charge in [-0.15, -0.1) is 0 Å². The van der Waals surface area contributed by atoms with E-state index in [-0.39, 0.29) is 16.9 Å². The molecule has 0 atom stereocenters. The van der Waals surface area contributed by atoms with Crippen LogP contribution in [0.1, 0.15) is 19.4 Å². The van der Waals surface area contributed by atoms with Gasteiger partial charge in [-0.25, -0.2) is 14.4 Å². The first-order valence-corrected chi connectivity index (χ1v) is 7.54. The summed E-state index contributed by atoms with van der Waals surface area (Å²) in [5.41, 5.74) is -0.455. The molecule has 26 heavy (non-hydrogen) atoms. The monoisotopic (exact) mass is 361 g/mol. The fourth-order valence-corrected chi connectivity index (χ4v) is 2.76. The van der Waals surface area contributed by atoms with Crippen LogP contribution in [-0.4, -0.2) is 31.8 Å². The van der Waals surface area contributed by atoms with Crippen molar-refractivity contribution in [3.8, 4) is 0 Å². The lowest BCUT2D eigenvalue weighted by Crippen LogP contribution is -2.41. The molecule has 10 nitrogen and oxygen atoms in total. The molecule has 0 saturated carbocycles. The fraction of sp³-hybridized carbons (Fsp3) is 0.312. The van der Waals surface area contributed by atoms with Gasteiger partial charge in [0.2, 0.25) is 0 Å². The number of nitrogens with zero attached hydrogens (tertiary/aromatic N) is 3. The van der Waals surface area contributed by atoms with Crippen LogP contribution in [0.5, 0.6) is 0 Å². The molecule has 1 fully saturated rings. The van der Waals surface area contributed by atoms with E-state index >= 15 is 0 Å². The number of nitro groups is 1. The third-order valence-electron chi connectivity index (χ3n) is 4.03. The molecule has 10 heteroatoms. The largest absolute Gasteiger partial charge is 0.419 e. The van der Waals surface area contributed by atoms with E-state index in [9.17, 15) is 24.5 Å². The molecule has 1 aromatic carbocycles. The predicted molar refractivity (Wildman–Crippen MR) is 89.1 cm³/mol. The van der Waals surface area contributed by atoms with Crippen LogP contribution in [0.4, 0.5) is 5.69 Å². The van der Waals surface area contributed by atoms with Crippen molar-refractivity contribution in [1.29, 1.82) is 0 Å². The number of fused-ring (bicyclic) bond motifs is 1. The number of cyclic esters (lactones) is 2. The van der Waals surface area contributed by atoms with Gasteiger partial charge in [0.1, 0.15) is 5.57 Å². The summed E-state index contributed by atoms with van der Waals surface area (Å²) in [6.45, 7) is 2.79. The molecule has 2 heterocycles. The Hall–Kier alpha value is -3.43. The van der Waals surface area contributed by atoms with Crippen molar-refractivity contribution in [2.24, 2.45) is 14.1 Å². The average molecular weight is 361 g/mol. The number of aromatic nitrogens is 2. The number of imidazole rings is 1. The van der Waals surface area contributed by atoms with Crippen LogP contribution in [0.2, 0.25) is 0 Å². The van der Waals surface area contributed by atoms with Crippen LogP contribution >= 0.6 is 0 Å². The molecule has 0 spiro atoms. The van der Waals surface area contributed by atoms with E-state index in [0.717, 1.165) is 6.08 Å². The normalized spacial score (nSPS) is 16.4. The summed E-state index contributed by atoms with van der Waals surface area (Å²) in [6, 6.07) is 2.58. The molecule has 0 N–H and O–H groups in total. The predicted octanol–water partition coefficient (Wildman–Crippen LogP) is 1.00. The van der Waals surface area contributed by atoms with E-state index < -0.39 is 28.2 Å². The van der Waals surface area contributed by atoms with Gasteiger partial charge in [0.05, 0.1) is 21.5 Å². The van der Waals surface area contributed by atoms with Crippen LogP contribution in [0, 0.1) is 10.1 Å². The van der Waals surface area contributed by atoms with Crippen LogP contribution in [0.3, 0.4) is 0 Å². The summed E-state index contributed by atoms with van der Waals surface area (Å²) >= 11 is 0. The van der Waals surface area contributed by atoms with Gasteiger partial charge >= 0.3 is 17.6 Å². The topological polar surface area (TPSA) is 123 Å². The van der Waals surface area contributed by atoms with E-state index in [2.05, 4.69) is 0 Å². The van der Waals surface area contributed by atoms with Crippen molar-refractivity contribution >= 4 is 34.7 Å². The lowest BCUT2D eigenvalue weighted by molar-refractivity contribution is -0.385. The third kappa shape index (κ3) is 2.65. The number of aryl methyl sites for hydroxylation is 2. The molecule has 1 aliphatic heterocycles. The van der Waals surface area contributed by atoms with Crippen molar-refractivity contribution in [1.82, 2.24) is 9.13 Å². The highest BCUT2D eigenvalue weighted by molar-refractivity contribution is 6.19. The van der Waals surface area contributed by atoms with E-state index in [4.69, 9.17) is 9.47 Å². The molecule has 2 aromatic rings. The van der Waals surface area contributed by atoms with Crippen LogP contribution < -0.4 is 5.69 Å². The van der Waals surface area contributed by atoms with Gasteiger partial charge in [0, 0.05) is 34.0 Å². The number of hydrogen-bond donors (Lipinski definition) is 0. The molecular weight excluding hydrogens is 346 g/mol. The number of rotatable bonds is 2. The number of carbonyl (C=O) groups is 2. The summed E-state index contributed by atoms with van der Waals surface area (Å²) in [6.07, 6.45) is 1.04. The molecule has 0 bridgehead atoms. The number of esters is 2. The maximum Gasteiger partial charge on any atom is 0.348 e. The molecule has 1 saturated heterocycles. The van der Waals surface area contributed by atoms with Gasteiger partial charge < -0.3 is 9.47 Å². The molecule has 1 aromatic heterocycles. The van der Waals surface area contributed by atoms with Gasteiger partial charge in [-0.1, -0.05) is 0 Å². The third-order valence-corrected chi connectivity index (χ3v) is 4.03. The average Bonchev–Trinajstić information content (AvgIpc) is 2.73. The van der Waals surface area contributed by atoms with Crippen molar-refractivity contribution in [2.75, 3.05) is 0 Å². The van der Waals surface area contributed by atoms with Gasteiger partial charge in [-0.2, -0.15) is 0 Å². The zero-order valence-corrected chi connectivity index (χ0v) is 14.4. The smallest absolute Gasteiger partial charge is 0.348 e. The van der Waals surface area contributed by atoms with E-state index in [1.807, 2.05) is 0 Å². The Morgan fingerprint density at radius 3 is 2.04 bits per heavy atom. The Balaban J connectivity index is 2.24. The minimum Gasteiger partial charge on any atom is -0.419 e. The molecule has 0 amide bonds. The highest BCUT2D eigenvalue weighted by Gasteiger charge is 2.39.